The van der Waals surface area contributed by atoms with E-state index in [1.807, 2.05) is 13.0 Å². The van der Waals surface area contributed by atoms with Crippen LogP contribution in [-0.4, -0.2) is 24.2 Å². The Kier molecular flexibility index (Phi) is 6.91. The first-order valence-corrected chi connectivity index (χ1v) is 6.81. The molecule has 1 atom stereocenters. The van der Waals surface area contributed by atoms with E-state index in [4.69, 9.17) is 9.47 Å². The first kappa shape index (κ1) is 13.9. The average molecular weight is 338 g/mol. The smallest absolute Gasteiger partial charge is 0.123 e. The second-order valence-corrected chi connectivity index (χ2v) is 4.15. The van der Waals surface area contributed by atoms with Crippen LogP contribution in [0.3, 0.4) is 0 Å². The lowest BCUT2D eigenvalue weighted by molar-refractivity contribution is 0.0177. The molecule has 0 bridgehead atoms. The summed E-state index contributed by atoms with van der Waals surface area (Å²) < 4.78 is 24.6. The summed E-state index contributed by atoms with van der Waals surface area (Å²) in [5.74, 6) is -0.222. The van der Waals surface area contributed by atoms with Crippen LogP contribution < -0.4 is 0 Å². The molecule has 0 spiro atoms. The fraction of sp³-hybridized carbons (Fsp3) is 0.500. The number of ether oxygens (including phenoxy) is 2. The molecule has 1 aromatic carbocycles. The van der Waals surface area contributed by atoms with Gasteiger partial charge in [-0.05, 0) is 24.6 Å². The van der Waals surface area contributed by atoms with Gasteiger partial charge in [0.1, 0.15) is 5.82 Å². The van der Waals surface area contributed by atoms with E-state index in [1.165, 1.54) is 12.1 Å². The lowest BCUT2D eigenvalue weighted by atomic mass is 10.1. The zero-order valence-electron chi connectivity index (χ0n) is 9.29. The van der Waals surface area contributed by atoms with E-state index in [1.54, 1.807) is 6.07 Å². The van der Waals surface area contributed by atoms with Gasteiger partial charge in [-0.15, -0.1) is 0 Å². The molecule has 0 fully saturated rings. The van der Waals surface area contributed by atoms with Gasteiger partial charge in [-0.2, -0.15) is 0 Å². The van der Waals surface area contributed by atoms with Crippen molar-refractivity contribution in [2.24, 2.45) is 0 Å². The highest BCUT2D eigenvalue weighted by molar-refractivity contribution is 14.1. The SMILES string of the molecule is CCOCCOC(CI)c1cccc(F)c1. The molecule has 0 amide bonds. The van der Waals surface area contributed by atoms with Crippen LogP contribution in [0, 0.1) is 5.82 Å². The van der Waals surface area contributed by atoms with Gasteiger partial charge < -0.3 is 9.47 Å². The normalized spacial score (nSPS) is 12.7. The van der Waals surface area contributed by atoms with Crippen molar-refractivity contribution in [1.82, 2.24) is 0 Å². The predicted molar refractivity (Wildman–Crippen MR) is 70.5 cm³/mol. The molecule has 16 heavy (non-hydrogen) atoms. The predicted octanol–water partition coefficient (Wildman–Crippen LogP) is 3.35. The molecule has 4 heteroatoms. The molecule has 90 valence electrons. The third-order valence-electron chi connectivity index (χ3n) is 2.11. The van der Waals surface area contributed by atoms with Crippen molar-refractivity contribution in [2.75, 3.05) is 24.2 Å². The molecule has 1 unspecified atom stereocenters. The Labute approximate surface area is 109 Å². The van der Waals surface area contributed by atoms with Gasteiger partial charge in [-0.25, -0.2) is 4.39 Å². The Morgan fingerprint density at radius 1 is 1.38 bits per heavy atom. The average Bonchev–Trinajstić information content (AvgIpc) is 2.29. The second kappa shape index (κ2) is 7.97. The van der Waals surface area contributed by atoms with E-state index in [0.717, 1.165) is 9.99 Å². The minimum Gasteiger partial charge on any atom is -0.379 e. The molecule has 0 heterocycles. The lowest BCUT2D eigenvalue weighted by Gasteiger charge is -2.15. The molecule has 0 radical (unpaired) electrons. The summed E-state index contributed by atoms with van der Waals surface area (Å²) in [6, 6.07) is 6.54. The Morgan fingerprint density at radius 3 is 2.81 bits per heavy atom. The molecule has 0 aliphatic heterocycles. The molecule has 0 saturated heterocycles. The largest absolute Gasteiger partial charge is 0.379 e. The first-order chi connectivity index (χ1) is 7.77. The van der Waals surface area contributed by atoms with Crippen molar-refractivity contribution in [3.63, 3.8) is 0 Å². The number of hydrogen-bond acceptors (Lipinski definition) is 2. The van der Waals surface area contributed by atoms with Gasteiger partial charge in [0, 0.05) is 11.0 Å². The van der Waals surface area contributed by atoms with Gasteiger partial charge in [0.05, 0.1) is 19.3 Å². The Balaban J connectivity index is 2.47. The summed E-state index contributed by atoms with van der Waals surface area (Å²) in [4.78, 5) is 0. The van der Waals surface area contributed by atoms with Crippen LogP contribution in [0.1, 0.15) is 18.6 Å². The van der Waals surface area contributed by atoms with E-state index in [-0.39, 0.29) is 11.9 Å². The number of benzene rings is 1. The van der Waals surface area contributed by atoms with Crippen molar-refractivity contribution < 1.29 is 13.9 Å². The van der Waals surface area contributed by atoms with Crippen molar-refractivity contribution >= 4 is 22.6 Å². The van der Waals surface area contributed by atoms with Gasteiger partial charge in [-0.1, -0.05) is 34.7 Å². The minimum absolute atomic E-state index is 0.0586. The van der Waals surface area contributed by atoms with Crippen LogP contribution in [0.25, 0.3) is 0 Å². The summed E-state index contributed by atoms with van der Waals surface area (Å²) in [6.07, 6.45) is -0.0586. The second-order valence-electron chi connectivity index (χ2n) is 3.27. The zero-order chi connectivity index (χ0) is 11.8. The van der Waals surface area contributed by atoms with Crippen LogP contribution in [0.5, 0.6) is 0 Å². The first-order valence-electron chi connectivity index (χ1n) is 5.28. The molecule has 2 nitrogen and oxygen atoms in total. The van der Waals surface area contributed by atoms with Gasteiger partial charge in [0.25, 0.3) is 0 Å². The fourth-order valence-corrected chi connectivity index (χ4v) is 2.09. The number of alkyl halides is 1. The highest BCUT2D eigenvalue weighted by Gasteiger charge is 2.10. The summed E-state index contributed by atoms with van der Waals surface area (Å²) in [5, 5.41) is 0. The van der Waals surface area contributed by atoms with Crippen LogP contribution in [0.15, 0.2) is 24.3 Å². The Hall–Kier alpha value is -0.200. The van der Waals surface area contributed by atoms with Gasteiger partial charge in [0.15, 0.2) is 0 Å². The topological polar surface area (TPSA) is 18.5 Å². The fourth-order valence-electron chi connectivity index (χ4n) is 1.33. The highest BCUT2D eigenvalue weighted by Crippen LogP contribution is 2.20. The molecule has 0 aromatic heterocycles. The number of rotatable bonds is 7. The molecular formula is C12H16FIO2. The third-order valence-corrected chi connectivity index (χ3v) is 2.91. The quantitative estimate of drug-likeness (QED) is 0.431. The maximum absolute atomic E-state index is 13.0. The maximum atomic E-state index is 13.0. The van der Waals surface area contributed by atoms with Crippen molar-refractivity contribution in [3.05, 3.63) is 35.6 Å². The number of halogens is 2. The highest BCUT2D eigenvalue weighted by atomic mass is 127. The summed E-state index contributed by atoms with van der Waals surface area (Å²) in [5.41, 5.74) is 0.880. The standard InChI is InChI=1S/C12H16FIO2/c1-2-15-6-7-16-12(9-14)10-4-3-5-11(13)8-10/h3-5,8,12H,2,6-7,9H2,1H3. The van der Waals surface area contributed by atoms with Crippen LogP contribution in [-0.2, 0) is 9.47 Å². The van der Waals surface area contributed by atoms with Crippen molar-refractivity contribution in [2.45, 2.75) is 13.0 Å². The monoisotopic (exact) mass is 338 g/mol. The third kappa shape index (κ3) is 4.76. The molecule has 1 aromatic rings. The maximum Gasteiger partial charge on any atom is 0.123 e. The van der Waals surface area contributed by atoms with E-state index in [2.05, 4.69) is 22.6 Å². The van der Waals surface area contributed by atoms with Gasteiger partial charge in [-0.3, -0.25) is 0 Å². The summed E-state index contributed by atoms with van der Waals surface area (Å²) in [7, 11) is 0. The Morgan fingerprint density at radius 2 is 2.19 bits per heavy atom. The van der Waals surface area contributed by atoms with E-state index >= 15 is 0 Å². The Bertz CT molecular complexity index is 307. The van der Waals surface area contributed by atoms with Crippen molar-refractivity contribution in [1.29, 1.82) is 0 Å². The van der Waals surface area contributed by atoms with Gasteiger partial charge in [0.2, 0.25) is 0 Å². The zero-order valence-corrected chi connectivity index (χ0v) is 11.4. The summed E-state index contributed by atoms with van der Waals surface area (Å²) >= 11 is 2.24. The van der Waals surface area contributed by atoms with Gasteiger partial charge >= 0.3 is 0 Å². The molecule has 0 aliphatic carbocycles. The molecule has 1 rings (SSSR count). The number of hydrogen-bond donors (Lipinski definition) is 0. The minimum atomic E-state index is -0.222. The summed E-state index contributed by atoms with van der Waals surface area (Å²) in [6.45, 7) is 3.76. The lowest BCUT2D eigenvalue weighted by Crippen LogP contribution is -2.11. The molecular weight excluding hydrogens is 322 g/mol. The molecule has 0 aliphatic rings. The van der Waals surface area contributed by atoms with Crippen LogP contribution >= 0.6 is 22.6 Å². The molecule has 0 saturated carbocycles. The van der Waals surface area contributed by atoms with E-state index < -0.39 is 0 Å². The van der Waals surface area contributed by atoms with Crippen molar-refractivity contribution in [3.8, 4) is 0 Å². The van der Waals surface area contributed by atoms with E-state index in [0.29, 0.717) is 19.8 Å². The molecule has 0 N–H and O–H groups in total. The van der Waals surface area contributed by atoms with E-state index in [9.17, 15) is 4.39 Å². The van der Waals surface area contributed by atoms with Crippen LogP contribution in [0.2, 0.25) is 0 Å². The van der Waals surface area contributed by atoms with Crippen LogP contribution in [0.4, 0.5) is 4.39 Å².